The predicted octanol–water partition coefficient (Wildman–Crippen LogP) is 4.10. The van der Waals surface area contributed by atoms with Gasteiger partial charge < -0.3 is 10.2 Å². The molecular weight excluding hydrogens is 244 g/mol. The molecule has 2 nitrogen and oxygen atoms in total. The zero-order valence-electron chi connectivity index (χ0n) is 12.8. The average molecular weight is 272 g/mol. The highest BCUT2D eigenvalue weighted by atomic mass is 15.1. The van der Waals surface area contributed by atoms with E-state index in [0.717, 1.165) is 18.6 Å². The minimum Gasteiger partial charge on any atom is -0.371 e. The second-order valence-corrected chi connectivity index (χ2v) is 6.54. The number of benzene rings is 1. The molecule has 1 aromatic rings. The van der Waals surface area contributed by atoms with Crippen LogP contribution >= 0.6 is 0 Å². The van der Waals surface area contributed by atoms with E-state index in [0.29, 0.717) is 0 Å². The van der Waals surface area contributed by atoms with Crippen LogP contribution < -0.4 is 10.2 Å². The summed E-state index contributed by atoms with van der Waals surface area (Å²) >= 11 is 0. The molecule has 2 aliphatic carbocycles. The van der Waals surface area contributed by atoms with Gasteiger partial charge in [-0.15, -0.1) is 0 Å². The molecule has 2 fully saturated rings. The number of rotatable bonds is 5. The van der Waals surface area contributed by atoms with Gasteiger partial charge in [0.1, 0.15) is 0 Å². The van der Waals surface area contributed by atoms with Crippen LogP contribution in [0, 0.1) is 0 Å². The van der Waals surface area contributed by atoms with Gasteiger partial charge in [-0.25, -0.2) is 0 Å². The minimum atomic E-state index is 0.736. The summed E-state index contributed by atoms with van der Waals surface area (Å²) in [6, 6.07) is 10.5. The van der Waals surface area contributed by atoms with Gasteiger partial charge in [-0.2, -0.15) is 0 Å². The van der Waals surface area contributed by atoms with E-state index < -0.39 is 0 Å². The third-order valence-corrected chi connectivity index (χ3v) is 4.90. The van der Waals surface area contributed by atoms with Gasteiger partial charge in [0.25, 0.3) is 0 Å². The Labute approximate surface area is 123 Å². The molecule has 110 valence electrons. The lowest BCUT2D eigenvalue weighted by Gasteiger charge is -2.31. The van der Waals surface area contributed by atoms with Crippen LogP contribution in [0.1, 0.15) is 56.9 Å². The monoisotopic (exact) mass is 272 g/mol. The zero-order chi connectivity index (χ0) is 13.8. The van der Waals surface area contributed by atoms with Crippen molar-refractivity contribution in [2.45, 2.75) is 70.0 Å². The third kappa shape index (κ3) is 3.54. The quantitative estimate of drug-likeness (QED) is 0.812. The second-order valence-electron chi connectivity index (χ2n) is 6.54. The summed E-state index contributed by atoms with van der Waals surface area (Å²) < 4.78 is 0. The van der Waals surface area contributed by atoms with Crippen LogP contribution in [0.3, 0.4) is 0 Å². The standard InChI is InChI=1S/C18H28N2/c1-20(17-9-4-2-3-5-10-17)18-11-7-6-8-15(18)14-19-16-12-13-16/h6-8,11,16-17,19H,2-5,9-10,12-14H2,1H3. The minimum absolute atomic E-state index is 0.736. The summed E-state index contributed by atoms with van der Waals surface area (Å²) in [4.78, 5) is 2.55. The first-order chi connectivity index (χ1) is 9.84. The molecule has 3 rings (SSSR count). The van der Waals surface area contributed by atoms with Gasteiger partial charge in [0, 0.05) is 31.4 Å². The molecule has 0 atom stereocenters. The molecule has 0 bridgehead atoms. The lowest BCUT2D eigenvalue weighted by atomic mass is 10.0. The first kappa shape index (κ1) is 13.9. The van der Waals surface area contributed by atoms with E-state index in [4.69, 9.17) is 0 Å². The van der Waals surface area contributed by atoms with Crippen molar-refractivity contribution in [2.75, 3.05) is 11.9 Å². The summed E-state index contributed by atoms with van der Waals surface area (Å²) in [6.07, 6.45) is 11.1. The Hall–Kier alpha value is -1.02. The van der Waals surface area contributed by atoms with Gasteiger partial charge in [-0.3, -0.25) is 0 Å². The number of hydrogen-bond donors (Lipinski definition) is 1. The lowest BCUT2D eigenvalue weighted by Crippen LogP contribution is -2.32. The molecule has 0 radical (unpaired) electrons. The molecule has 20 heavy (non-hydrogen) atoms. The zero-order valence-corrected chi connectivity index (χ0v) is 12.8. The molecule has 0 aromatic heterocycles. The SMILES string of the molecule is CN(c1ccccc1CNC1CC1)C1CCCCCC1. The van der Waals surface area contributed by atoms with E-state index in [1.807, 2.05) is 0 Å². The molecule has 2 heteroatoms. The Balaban J connectivity index is 1.69. The van der Waals surface area contributed by atoms with Crippen LogP contribution in [-0.4, -0.2) is 19.1 Å². The maximum atomic E-state index is 3.66. The molecule has 1 N–H and O–H groups in total. The molecular formula is C18H28N2. The van der Waals surface area contributed by atoms with Gasteiger partial charge in [-0.1, -0.05) is 43.9 Å². The fraction of sp³-hybridized carbons (Fsp3) is 0.667. The normalized spacial score (nSPS) is 20.6. The van der Waals surface area contributed by atoms with Crippen molar-refractivity contribution >= 4 is 5.69 Å². The van der Waals surface area contributed by atoms with E-state index in [2.05, 4.69) is 41.5 Å². The van der Waals surface area contributed by atoms with Crippen molar-refractivity contribution in [3.8, 4) is 0 Å². The van der Waals surface area contributed by atoms with Crippen molar-refractivity contribution in [3.05, 3.63) is 29.8 Å². The predicted molar refractivity (Wildman–Crippen MR) is 86.2 cm³/mol. The van der Waals surface area contributed by atoms with Crippen LogP contribution in [0.25, 0.3) is 0 Å². The molecule has 1 aromatic carbocycles. The lowest BCUT2D eigenvalue weighted by molar-refractivity contribution is 0.550. The molecule has 0 unspecified atom stereocenters. The first-order valence-corrected chi connectivity index (χ1v) is 8.39. The van der Waals surface area contributed by atoms with E-state index in [9.17, 15) is 0 Å². The van der Waals surface area contributed by atoms with E-state index >= 15 is 0 Å². The summed E-state index contributed by atoms with van der Waals surface area (Å²) in [5.41, 5.74) is 2.90. The van der Waals surface area contributed by atoms with Crippen molar-refractivity contribution in [1.29, 1.82) is 0 Å². The molecule has 0 saturated heterocycles. The fourth-order valence-electron chi connectivity index (χ4n) is 3.39. The molecule has 2 saturated carbocycles. The van der Waals surface area contributed by atoms with Crippen molar-refractivity contribution in [3.63, 3.8) is 0 Å². The number of para-hydroxylation sites is 1. The van der Waals surface area contributed by atoms with Gasteiger partial charge in [-0.05, 0) is 37.3 Å². The Morgan fingerprint density at radius 2 is 1.70 bits per heavy atom. The molecule has 0 spiro atoms. The van der Waals surface area contributed by atoms with Gasteiger partial charge in [0.15, 0.2) is 0 Å². The number of nitrogens with zero attached hydrogens (tertiary/aromatic N) is 1. The molecule has 0 heterocycles. The smallest absolute Gasteiger partial charge is 0.0411 e. The van der Waals surface area contributed by atoms with Crippen LogP contribution in [0.4, 0.5) is 5.69 Å². The van der Waals surface area contributed by atoms with Crippen molar-refractivity contribution in [2.24, 2.45) is 0 Å². The Bertz CT molecular complexity index is 417. The van der Waals surface area contributed by atoms with Crippen molar-refractivity contribution < 1.29 is 0 Å². The number of anilines is 1. The Morgan fingerprint density at radius 3 is 2.40 bits per heavy atom. The Kier molecular flexibility index (Phi) is 4.62. The van der Waals surface area contributed by atoms with Gasteiger partial charge >= 0.3 is 0 Å². The number of hydrogen-bond acceptors (Lipinski definition) is 2. The average Bonchev–Trinajstić information content (AvgIpc) is 3.31. The Morgan fingerprint density at radius 1 is 1.00 bits per heavy atom. The largest absolute Gasteiger partial charge is 0.371 e. The first-order valence-electron chi connectivity index (χ1n) is 8.39. The summed E-state index contributed by atoms with van der Waals surface area (Å²) in [7, 11) is 2.30. The van der Waals surface area contributed by atoms with E-state index in [1.165, 1.54) is 62.6 Å². The molecule has 0 aliphatic heterocycles. The topological polar surface area (TPSA) is 15.3 Å². The van der Waals surface area contributed by atoms with Crippen LogP contribution in [0.2, 0.25) is 0 Å². The van der Waals surface area contributed by atoms with Crippen LogP contribution in [-0.2, 0) is 6.54 Å². The van der Waals surface area contributed by atoms with Crippen molar-refractivity contribution in [1.82, 2.24) is 5.32 Å². The van der Waals surface area contributed by atoms with Gasteiger partial charge in [0.05, 0.1) is 0 Å². The van der Waals surface area contributed by atoms with Crippen LogP contribution in [0.5, 0.6) is 0 Å². The highest BCUT2D eigenvalue weighted by molar-refractivity contribution is 5.53. The van der Waals surface area contributed by atoms with Gasteiger partial charge in [0.2, 0.25) is 0 Å². The highest BCUT2D eigenvalue weighted by Gasteiger charge is 2.22. The fourth-order valence-corrected chi connectivity index (χ4v) is 3.39. The van der Waals surface area contributed by atoms with E-state index in [1.54, 1.807) is 0 Å². The van der Waals surface area contributed by atoms with Crippen LogP contribution in [0.15, 0.2) is 24.3 Å². The second kappa shape index (κ2) is 6.62. The maximum absolute atomic E-state index is 3.66. The third-order valence-electron chi connectivity index (χ3n) is 4.90. The van der Waals surface area contributed by atoms with E-state index in [-0.39, 0.29) is 0 Å². The maximum Gasteiger partial charge on any atom is 0.0411 e. The molecule has 0 amide bonds. The summed E-state index contributed by atoms with van der Waals surface area (Å²) in [6.45, 7) is 1.03. The summed E-state index contributed by atoms with van der Waals surface area (Å²) in [5, 5.41) is 3.66. The number of nitrogens with one attached hydrogen (secondary N) is 1. The molecule has 2 aliphatic rings. The summed E-state index contributed by atoms with van der Waals surface area (Å²) in [5.74, 6) is 0. The highest BCUT2D eigenvalue weighted by Crippen LogP contribution is 2.28.